The molecule has 1 aliphatic heterocycles. The molecule has 6 nitrogen and oxygen atoms in total. The van der Waals surface area contributed by atoms with Crippen LogP contribution in [-0.2, 0) is 0 Å². The van der Waals surface area contributed by atoms with Crippen LogP contribution in [-0.4, -0.2) is 43.5 Å². The van der Waals surface area contributed by atoms with E-state index in [2.05, 4.69) is 15.1 Å². The van der Waals surface area contributed by atoms with Gasteiger partial charge in [-0.15, -0.1) is 0 Å². The van der Waals surface area contributed by atoms with Gasteiger partial charge in [0.2, 0.25) is 0 Å². The fourth-order valence-electron chi connectivity index (χ4n) is 3.00. The molecule has 0 aromatic carbocycles. The van der Waals surface area contributed by atoms with Crippen molar-refractivity contribution in [3.05, 3.63) is 59.3 Å². The Kier molecular flexibility index (Phi) is 3.11. The van der Waals surface area contributed by atoms with Gasteiger partial charge in [0.25, 0.3) is 5.91 Å². The number of rotatable bonds is 2. The molecule has 4 heterocycles. The number of aromatic nitrogens is 4. The predicted octanol–water partition coefficient (Wildman–Crippen LogP) is 1.98. The van der Waals surface area contributed by atoms with Crippen molar-refractivity contribution in [2.45, 2.75) is 19.8 Å². The molecule has 0 bridgehead atoms. The highest BCUT2D eigenvalue weighted by Gasteiger charge is 2.33. The van der Waals surface area contributed by atoms with Crippen LogP contribution in [0.3, 0.4) is 0 Å². The summed E-state index contributed by atoms with van der Waals surface area (Å²) in [6, 6.07) is 7.72. The van der Waals surface area contributed by atoms with Crippen molar-refractivity contribution in [3.63, 3.8) is 0 Å². The van der Waals surface area contributed by atoms with Crippen LogP contribution < -0.4 is 0 Å². The number of carbonyl (C=O) groups excluding carboxylic acids is 1. The van der Waals surface area contributed by atoms with Crippen molar-refractivity contribution >= 4 is 11.6 Å². The third-order valence-corrected chi connectivity index (χ3v) is 4.29. The molecule has 23 heavy (non-hydrogen) atoms. The van der Waals surface area contributed by atoms with Crippen LogP contribution in [0.2, 0.25) is 0 Å². The van der Waals surface area contributed by atoms with Crippen molar-refractivity contribution in [1.29, 1.82) is 0 Å². The second kappa shape index (κ2) is 5.15. The third-order valence-electron chi connectivity index (χ3n) is 4.29. The first-order valence-electron chi connectivity index (χ1n) is 7.65. The van der Waals surface area contributed by atoms with Gasteiger partial charge in [0.1, 0.15) is 5.69 Å². The number of hydrogen-bond donors (Lipinski definition) is 0. The minimum absolute atomic E-state index is 0.0141. The summed E-state index contributed by atoms with van der Waals surface area (Å²) < 4.78 is 1.77. The van der Waals surface area contributed by atoms with E-state index in [1.807, 2.05) is 43.0 Å². The number of aryl methyl sites for hydroxylation is 2. The molecule has 0 spiro atoms. The molecule has 0 radical (unpaired) electrons. The van der Waals surface area contributed by atoms with E-state index in [4.69, 9.17) is 0 Å². The lowest BCUT2D eigenvalue weighted by atomic mass is 9.92. The average Bonchev–Trinajstić information content (AvgIpc) is 2.88. The number of pyridine rings is 1. The Morgan fingerprint density at radius 2 is 1.91 bits per heavy atom. The first kappa shape index (κ1) is 13.9. The average molecular weight is 307 g/mol. The Labute approximate surface area is 133 Å². The van der Waals surface area contributed by atoms with Gasteiger partial charge in [0.15, 0.2) is 5.65 Å². The van der Waals surface area contributed by atoms with Crippen molar-refractivity contribution in [2.75, 3.05) is 13.1 Å². The Morgan fingerprint density at radius 3 is 2.65 bits per heavy atom. The maximum atomic E-state index is 12.6. The number of hydrogen-bond acceptors (Lipinski definition) is 4. The molecule has 0 atom stereocenters. The van der Waals surface area contributed by atoms with Gasteiger partial charge in [0.05, 0.1) is 5.69 Å². The zero-order valence-corrected chi connectivity index (χ0v) is 13.1. The van der Waals surface area contributed by atoms with Crippen LogP contribution in [0.15, 0.2) is 36.7 Å². The van der Waals surface area contributed by atoms with E-state index in [1.54, 1.807) is 16.9 Å². The molecule has 116 valence electrons. The highest BCUT2D eigenvalue weighted by molar-refractivity contribution is 5.93. The molecule has 0 saturated carbocycles. The molecule has 0 unspecified atom stereocenters. The Hall–Kier alpha value is -2.76. The number of fused-ring (bicyclic) bond motifs is 1. The highest BCUT2D eigenvalue weighted by Crippen LogP contribution is 2.27. The van der Waals surface area contributed by atoms with Gasteiger partial charge in [-0.05, 0) is 37.6 Å². The Morgan fingerprint density at radius 1 is 1.17 bits per heavy atom. The smallest absolute Gasteiger partial charge is 0.272 e. The molecule has 3 aromatic rings. The molecule has 6 heteroatoms. The van der Waals surface area contributed by atoms with Crippen molar-refractivity contribution < 1.29 is 4.79 Å². The fourth-order valence-corrected chi connectivity index (χ4v) is 3.00. The van der Waals surface area contributed by atoms with Crippen LogP contribution in [0, 0.1) is 13.8 Å². The summed E-state index contributed by atoms with van der Waals surface area (Å²) in [5, 5.41) is 4.37. The second-order valence-corrected chi connectivity index (χ2v) is 6.03. The van der Waals surface area contributed by atoms with E-state index in [1.165, 1.54) is 5.56 Å². The predicted molar refractivity (Wildman–Crippen MR) is 85.3 cm³/mol. The molecule has 4 rings (SSSR count). The summed E-state index contributed by atoms with van der Waals surface area (Å²) in [5.41, 5.74) is 4.25. The van der Waals surface area contributed by atoms with Gasteiger partial charge in [-0.3, -0.25) is 9.78 Å². The highest BCUT2D eigenvalue weighted by atomic mass is 16.2. The molecular weight excluding hydrogens is 290 g/mol. The van der Waals surface area contributed by atoms with Crippen molar-refractivity contribution in [1.82, 2.24) is 24.5 Å². The molecule has 0 aliphatic carbocycles. The number of likely N-dealkylation sites (tertiary alicyclic amines) is 1. The van der Waals surface area contributed by atoms with Gasteiger partial charge in [0, 0.05) is 43.2 Å². The summed E-state index contributed by atoms with van der Waals surface area (Å²) in [6.07, 6.45) is 3.58. The van der Waals surface area contributed by atoms with Crippen LogP contribution in [0.1, 0.15) is 33.4 Å². The lowest BCUT2D eigenvalue weighted by Crippen LogP contribution is -2.48. The zero-order valence-electron chi connectivity index (χ0n) is 13.1. The molecular formula is C17H17N5O. The number of nitrogens with zero attached hydrogens (tertiary/aromatic N) is 5. The van der Waals surface area contributed by atoms with E-state index >= 15 is 0 Å². The maximum absolute atomic E-state index is 12.6. The summed E-state index contributed by atoms with van der Waals surface area (Å²) in [7, 11) is 0. The summed E-state index contributed by atoms with van der Waals surface area (Å²) in [5.74, 6) is 0.378. The lowest BCUT2D eigenvalue weighted by Gasteiger charge is -2.39. The second-order valence-electron chi connectivity index (χ2n) is 6.03. The van der Waals surface area contributed by atoms with Crippen LogP contribution in [0.5, 0.6) is 0 Å². The van der Waals surface area contributed by atoms with E-state index < -0.39 is 0 Å². The lowest BCUT2D eigenvalue weighted by molar-refractivity contribution is 0.0596. The van der Waals surface area contributed by atoms with Crippen molar-refractivity contribution in [3.8, 4) is 0 Å². The summed E-state index contributed by atoms with van der Waals surface area (Å²) in [6.45, 7) is 5.32. The largest absolute Gasteiger partial charge is 0.336 e. The zero-order chi connectivity index (χ0) is 16.0. The van der Waals surface area contributed by atoms with E-state index in [-0.39, 0.29) is 5.91 Å². The molecule has 1 saturated heterocycles. The summed E-state index contributed by atoms with van der Waals surface area (Å²) in [4.78, 5) is 23.0. The van der Waals surface area contributed by atoms with Gasteiger partial charge >= 0.3 is 0 Å². The van der Waals surface area contributed by atoms with E-state index in [0.29, 0.717) is 11.6 Å². The van der Waals surface area contributed by atoms with Gasteiger partial charge < -0.3 is 4.90 Å². The van der Waals surface area contributed by atoms with Crippen LogP contribution in [0.4, 0.5) is 0 Å². The van der Waals surface area contributed by atoms with Crippen LogP contribution in [0.25, 0.3) is 5.65 Å². The molecule has 3 aromatic heterocycles. The van der Waals surface area contributed by atoms with Gasteiger partial charge in [-0.25, -0.2) is 9.50 Å². The SMILES string of the molecule is Cc1cc2nc(C(=O)N3CC(c4ccncc4)C3)cc(C)n2n1. The first-order valence-corrected chi connectivity index (χ1v) is 7.65. The van der Waals surface area contributed by atoms with Crippen LogP contribution >= 0.6 is 0 Å². The standard InChI is InChI=1S/C17H17N5O/c1-11-7-16-19-15(8-12(2)22(16)20-11)17(23)21-9-14(10-21)13-3-5-18-6-4-13/h3-8,14H,9-10H2,1-2H3. The number of amides is 1. The Balaban J connectivity index is 1.54. The van der Waals surface area contributed by atoms with Gasteiger partial charge in [-0.2, -0.15) is 5.10 Å². The monoisotopic (exact) mass is 307 g/mol. The topological polar surface area (TPSA) is 63.4 Å². The molecule has 1 fully saturated rings. The van der Waals surface area contributed by atoms with Gasteiger partial charge in [-0.1, -0.05) is 0 Å². The van der Waals surface area contributed by atoms with Crippen molar-refractivity contribution in [2.24, 2.45) is 0 Å². The van der Waals surface area contributed by atoms with E-state index in [9.17, 15) is 4.79 Å². The third kappa shape index (κ3) is 2.36. The minimum Gasteiger partial charge on any atom is -0.336 e. The normalized spacial score (nSPS) is 15.0. The summed E-state index contributed by atoms with van der Waals surface area (Å²) >= 11 is 0. The minimum atomic E-state index is -0.0141. The molecule has 1 aliphatic rings. The Bertz CT molecular complexity index is 881. The molecule has 1 amide bonds. The maximum Gasteiger partial charge on any atom is 0.272 e. The number of carbonyl (C=O) groups is 1. The first-order chi connectivity index (χ1) is 11.1. The van der Waals surface area contributed by atoms with E-state index in [0.717, 1.165) is 30.1 Å². The fraction of sp³-hybridized carbons (Fsp3) is 0.294. The quantitative estimate of drug-likeness (QED) is 0.726. The molecule has 0 N–H and O–H groups in total.